The fraction of sp³-hybridized carbons (Fsp3) is 0.409. The van der Waals surface area contributed by atoms with E-state index in [1.54, 1.807) is 31.2 Å². The summed E-state index contributed by atoms with van der Waals surface area (Å²) in [5.41, 5.74) is 1.42. The van der Waals surface area contributed by atoms with E-state index in [-0.39, 0.29) is 11.9 Å². The summed E-state index contributed by atoms with van der Waals surface area (Å²) < 4.78 is 26.3. The number of amides is 1. The highest BCUT2D eigenvalue weighted by Crippen LogP contribution is 2.26. The maximum absolute atomic E-state index is 13.2. The molecule has 0 aliphatic carbocycles. The lowest BCUT2D eigenvalue weighted by Gasteiger charge is -2.32. The topological polar surface area (TPSA) is 66.5 Å². The lowest BCUT2D eigenvalue weighted by Crippen LogP contribution is -2.50. The molecule has 2 atom stereocenters. The maximum Gasteiger partial charge on any atom is 0.244 e. The predicted molar refractivity (Wildman–Crippen MR) is 120 cm³/mol. The van der Waals surface area contributed by atoms with Crippen molar-refractivity contribution < 1.29 is 13.2 Å². The number of hydrogen-bond acceptors (Lipinski definition) is 3. The molecule has 0 heterocycles. The third kappa shape index (κ3) is 6.47. The van der Waals surface area contributed by atoms with Crippen LogP contribution in [0.4, 0.5) is 5.69 Å². The molecular weight excluding hydrogens is 408 g/mol. The standard InChI is InChI=1S/C22H29ClN2O3S/c1-5-21(25(29(4,27)28)19-13-11-18(23)12-14-19)22(26)24-20(15-16(2)3)17-9-7-6-8-10-17/h6-14,16,20-21H,5,15H2,1-4H3,(H,24,26)/t20-,21+/m1/s1. The molecule has 5 nitrogen and oxygen atoms in total. The molecule has 158 valence electrons. The first-order valence-electron chi connectivity index (χ1n) is 9.73. The second-order valence-corrected chi connectivity index (χ2v) is 9.86. The minimum absolute atomic E-state index is 0.190. The van der Waals surface area contributed by atoms with Crippen molar-refractivity contribution in [3.8, 4) is 0 Å². The first-order valence-corrected chi connectivity index (χ1v) is 12.0. The molecule has 0 saturated heterocycles. The van der Waals surface area contributed by atoms with E-state index in [2.05, 4.69) is 19.2 Å². The van der Waals surface area contributed by atoms with Crippen LogP contribution in [-0.4, -0.2) is 26.6 Å². The molecule has 29 heavy (non-hydrogen) atoms. The molecule has 1 N–H and O–H groups in total. The number of carbonyl (C=O) groups is 1. The van der Waals surface area contributed by atoms with Crippen molar-refractivity contribution in [3.05, 3.63) is 65.2 Å². The van der Waals surface area contributed by atoms with E-state index in [0.717, 1.165) is 18.2 Å². The number of anilines is 1. The Balaban J connectivity index is 2.35. The molecule has 1 amide bonds. The van der Waals surface area contributed by atoms with E-state index < -0.39 is 16.1 Å². The van der Waals surface area contributed by atoms with Gasteiger partial charge in [-0.3, -0.25) is 9.10 Å². The van der Waals surface area contributed by atoms with E-state index in [4.69, 9.17) is 11.6 Å². The zero-order chi connectivity index (χ0) is 21.6. The van der Waals surface area contributed by atoms with Crippen LogP contribution in [0.15, 0.2) is 54.6 Å². The summed E-state index contributed by atoms with van der Waals surface area (Å²) in [7, 11) is -3.68. The normalized spacial score (nSPS) is 13.7. The number of rotatable bonds is 9. The summed E-state index contributed by atoms with van der Waals surface area (Å²) in [6, 6.07) is 15.2. The van der Waals surface area contributed by atoms with Crippen molar-refractivity contribution in [2.75, 3.05) is 10.6 Å². The van der Waals surface area contributed by atoms with E-state index in [9.17, 15) is 13.2 Å². The number of benzene rings is 2. The van der Waals surface area contributed by atoms with Gasteiger partial charge in [0.05, 0.1) is 18.0 Å². The zero-order valence-electron chi connectivity index (χ0n) is 17.3. The van der Waals surface area contributed by atoms with Gasteiger partial charge in [-0.15, -0.1) is 0 Å². The Kier molecular flexibility index (Phi) is 8.11. The van der Waals surface area contributed by atoms with Gasteiger partial charge < -0.3 is 5.32 Å². The van der Waals surface area contributed by atoms with Crippen molar-refractivity contribution >= 4 is 33.2 Å². The molecule has 0 aliphatic heterocycles. The summed E-state index contributed by atoms with van der Waals surface area (Å²) >= 11 is 5.94. The molecule has 0 fully saturated rings. The van der Waals surface area contributed by atoms with E-state index in [1.807, 2.05) is 30.3 Å². The first kappa shape index (κ1) is 23.2. The summed E-state index contributed by atoms with van der Waals surface area (Å²) in [6.07, 6.45) is 2.21. The highest BCUT2D eigenvalue weighted by atomic mass is 35.5. The molecule has 0 aromatic heterocycles. The van der Waals surface area contributed by atoms with Crippen molar-refractivity contribution in [1.29, 1.82) is 0 Å². The van der Waals surface area contributed by atoms with Gasteiger partial charge in [0.1, 0.15) is 6.04 Å². The Labute approximate surface area is 179 Å². The van der Waals surface area contributed by atoms with Crippen LogP contribution in [0.25, 0.3) is 0 Å². The Morgan fingerprint density at radius 1 is 1.07 bits per heavy atom. The molecule has 0 spiro atoms. The lowest BCUT2D eigenvalue weighted by atomic mass is 9.96. The van der Waals surface area contributed by atoms with Gasteiger partial charge in [0.2, 0.25) is 15.9 Å². The van der Waals surface area contributed by atoms with Crippen LogP contribution in [0.1, 0.15) is 45.2 Å². The Morgan fingerprint density at radius 2 is 1.66 bits per heavy atom. The third-order valence-electron chi connectivity index (χ3n) is 4.64. The first-order chi connectivity index (χ1) is 13.6. The molecule has 0 saturated carbocycles. The summed E-state index contributed by atoms with van der Waals surface area (Å²) in [6.45, 7) is 5.99. The second-order valence-electron chi connectivity index (χ2n) is 7.56. The van der Waals surface area contributed by atoms with Crippen molar-refractivity contribution in [2.45, 2.75) is 45.7 Å². The number of nitrogens with zero attached hydrogens (tertiary/aromatic N) is 1. The summed E-state index contributed by atoms with van der Waals surface area (Å²) in [5, 5.41) is 3.58. The Morgan fingerprint density at radius 3 is 2.14 bits per heavy atom. The fourth-order valence-corrected chi connectivity index (χ4v) is 4.69. The number of sulfonamides is 1. The monoisotopic (exact) mass is 436 g/mol. The van der Waals surface area contributed by atoms with Crippen molar-refractivity contribution in [3.63, 3.8) is 0 Å². The van der Waals surface area contributed by atoms with Crippen molar-refractivity contribution in [2.24, 2.45) is 5.92 Å². The molecule has 7 heteroatoms. The van der Waals surface area contributed by atoms with Gasteiger partial charge in [-0.1, -0.05) is 62.7 Å². The van der Waals surface area contributed by atoms with Gasteiger partial charge in [0.15, 0.2) is 0 Å². The number of carbonyl (C=O) groups excluding carboxylic acids is 1. The van der Waals surface area contributed by atoms with Crippen LogP contribution in [0.5, 0.6) is 0 Å². The zero-order valence-corrected chi connectivity index (χ0v) is 18.9. The molecule has 2 aromatic carbocycles. The number of hydrogen-bond donors (Lipinski definition) is 1. The van der Waals surface area contributed by atoms with Crippen LogP contribution in [0.2, 0.25) is 5.02 Å². The molecular formula is C22H29ClN2O3S. The average molecular weight is 437 g/mol. The van der Waals surface area contributed by atoms with Crippen molar-refractivity contribution in [1.82, 2.24) is 5.32 Å². The SMILES string of the molecule is CC[C@@H](C(=O)N[C@H](CC(C)C)c1ccccc1)N(c1ccc(Cl)cc1)S(C)(=O)=O. The average Bonchev–Trinajstić information content (AvgIpc) is 2.65. The third-order valence-corrected chi connectivity index (χ3v) is 6.07. The van der Waals surface area contributed by atoms with Gasteiger partial charge in [-0.25, -0.2) is 8.42 Å². The minimum atomic E-state index is -3.68. The molecule has 0 radical (unpaired) electrons. The van der Waals surface area contributed by atoms with Gasteiger partial charge >= 0.3 is 0 Å². The van der Waals surface area contributed by atoms with Gasteiger partial charge in [-0.2, -0.15) is 0 Å². The van der Waals surface area contributed by atoms with Gasteiger partial charge in [0.25, 0.3) is 0 Å². The Hall–Kier alpha value is -2.05. The number of halogens is 1. The van der Waals surface area contributed by atoms with Gasteiger partial charge in [0, 0.05) is 5.02 Å². The molecule has 0 bridgehead atoms. The van der Waals surface area contributed by atoms with E-state index in [1.165, 1.54) is 4.31 Å². The van der Waals surface area contributed by atoms with Crippen LogP contribution in [0.3, 0.4) is 0 Å². The largest absolute Gasteiger partial charge is 0.347 e. The smallest absolute Gasteiger partial charge is 0.244 e. The minimum Gasteiger partial charge on any atom is -0.347 e. The van der Waals surface area contributed by atoms with Gasteiger partial charge in [-0.05, 0) is 48.6 Å². The lowest BCUT2D eigenvalue weighted by molar-refractivity contribution is -0.123. The summed E-state index contributed by atoms with van der Waals surface area (Å²) in [4.78, 5) is 13.2. The molecule has 2 aromatic rings. The maximum atomic E-state index is 13.2. The molecule has 0 aliphatic rings. The van der Waals surface area contributed by atoms with Crippen LogP contribution >= 0.6 is 11.6 Å². The second kappa shape index (κ2) is 10.1. The molecule has 0 unspecified atom stereocenters. The predicted octanol–water partition coefficient (Wildman–Crippen LogP) is 4.79. The Bertz CT molecular complexity index is 899. The highest BCUT2D eigenvalue weighted by Gasteiger charge is 2.32. The van der Waals surface area contributed by atoms with Crippen LogP contribution in [0, 0.1) is 5.92 Å². The van der Waals surface area contributed by atoms with Crippen LogP contribution in [-0.2, 0) is 14.8 Å². The number of nitrogens with one attached hydrogen (secondary N) is 1. The van der Waals surface area contributed by atoms with Crippen LogP contribution < -0.4 is 9.62 Å². The highest BCUT2D eigenvalue weighted by molar-refractivity contribution is 7.92. The summed E-state index contributed by atoms with van der Waals surface area (Å²) in [5.74, 6) is 0.0465. The fourth-order valence-electron chi connectivity index (χ4n) is 3.35. The van der Waals surface area contributed by atoms with E-state index >= 15 is 0 Å². The quantitative estimate of drug-likeness (QED) is 0.614. The molecule has 2 rings (SSSR count). The van der Waals surface area contributed by atoms with E-state index in [0.29, 0.717) is 23.0 Å².